The highest BCUT2D eigenvalue weighted by molar-refractivity contribution is 5.80. The molecule has 1 aliphatic heterocycles. The number of nitrogens with one attached hydrogen (secondary N) is 1. The van der Waals surface area contributed by atoms with Crippen LogP contribution in [0, 0.1) is 0 Å². The van der Waals surface area contributed by atoms with Gasteiger partial charge in [-0.25, -0.2) is 0 Å². The molecule has 0 fully saturated rings. The Labute approximate surface area is 98.6 Å². The summed E-state index contributed by atoms with van der Waals surface area (Å²) in [5, 5.41) is 3.56. The van der Waals surface area contributed by atoms with Gasteiger partial charge >= 0.3 is 0 Å². The molecule has 1 heterocycles. The Bertz CT molecular complexity index is 439. The number of allylic oxidation sites excluding steroid dienone is 1. The second-order valence-corrected chi connectivity index (χ2v) is 5.63. The minimum absolute atomic E-state index is 0.0659. The Morgan fingerprint density at radius 2 is 1.88 bits per heavy atom. The Balaban J connectivity index is 2.50. The third-order valence-corrected chi connectivity index (χ3v) is 3.17. The molecule has 16 heavy (non-hydrogen) atoms. The first-order chi connectivity index (χ1) is 7.39. The molecule has 0 spiro atoms. The lowest BCUT2D eigenvalue weighted by atomic mass is 9.89. The van der Waals surface area contributed by atoms with Gasteiger partial charge in [0.25, 0.3) is 0 Å². The monoisotopic (exact) mass is 215 g/mol. The van der Waals surface area contributed by atoms with E-state index in [9.17, 15) is 0 Å². The molecular formula is C15H21N. The number of anilines is 1. The van der Waals surface area contributed by atoms with Crippen LogP contribution in [-0.4, -0.2) is 5.54 Å². The van der Waals surface area contributed by atoms with E-state index >= 15 is 0 Å². The fourth-order valence-electron chi connectivity index (χ4n) is 2.36. The minimum atomic E-state index is 0.0659. The average Bonchev–Trinajstić information content (AvgIpc) is 2.15. The van der Waals surface area contributed by atoms with Crippen LogP contribution in [0.15, 0.2) is 24.3 Å². The standard InChI is InChI=1S/C15H21N/c1-10(2)12-6-7-14-13(8-12)11(3)9-15(4,5)16-14/h6-10,16H,1-5H3. The highest BCUT2D eigenvalue weighted by Crippen LogP contribution is 2.35. The fraction of sp³-hybridized carbons (Fsp3) is 0.467. The van der Waals surface area contributed by atoms with Crippen molar-refractivity contribution in [3.8, 4) is 0 Å². The molecule has 0 aliphatic carbocycles. The van der Waals surface area contributed by atoms with E-state index in [-0.39, 0.29) is 5.54 Å². The molecule has 0 saturated heterocycles. The maximum atomic E-state index is 3.56. The van der Waals surface area contributed by atoms with Gasteiger partial charge in [-0.15, -0.1) is 0 Å². The zero-order valence-corrected chi connectivity index (χ0v) is 10.9. The largest absolute Gasteiger partial charge is 0.376 e. The molecule has 86 valence electrons. The average molecular weight is 215 g/mol. The molecule has 1 heteroatoms. The van der Waals surface area contributed by atoms with Crippen molar-refractivity contribution in [1.29, 1.82) is 0 Å². The normalized spacial score (nSPS) is 17.8. The van der Waals surface area contributed by atoms with E-state index in [1.54, 1.807) is 0 Å². The number of hydrogen-bond donors (Lipinski definition) is 1. The Hall–Kier alpha value is -1.24. The van der Waals surface area contributed by atoms with Gasteiger partial charge in [-0.1, -0.05) is 26.0 Å². The topological polar surface area (TPSA) is 12.0 Å². The summed E-state index contributed by atoms with van der Waals surface area (Å²) in [4.78, 5) is 0. The van der Waals surface area contributed by atoms with Gasteiger partial charge < -0.3 is 5.32 Å². The molecular weight excluding hydrogens is 194 g/mol. The van der Waals surface area contributed by atoms with Crippen molar-refractivity contribution in [2.75, 3.05) is 5.32 Å². The molecule has 0 radical (unpaired) electrons. The maximum Gasteiger partial charge on any atom is 0.0505 e. The number of fused-ring (bicyclic) bond motifs is 1. The molecule has 1 aliphatic rings. The van der Waals surface area contributed by atoms with Gasteiger partial charge in [-0.05, 0) is 50.0 Å². The summed E-state index contributed by atoms with van der Waals surface area (Å²) in [5.74, 6) is 0.591. The SMILES string of the molecule is CC1=CC(C)(C)Nc2ccc(C(C)C)cc21. The first kappa shape index (κ1) is 11.3. The number of benzene rings is 1. The van der Waals surface area contributed by atoms with Gasteiger partial charge in [0.15, 0.2) is 0 Å². The fourth-order valence-corrected chi connectivity index (χ4v) is 2.36. The highest BCUT2D eigenvalue weighted by Gasteiger charge is 2.22. The minimum Gasteiger partial charge on any atom is -0.376 e. The Morgan fingerprint density at radius 3 is 2.50 bits per heavy atom. The molecule has 1 N–H and O–H groups in total. The Morgan fingerprint density at radius 1 is 1.19 bits per heavy atom. The van der Waals surface area contributed by atoms with E-state index in [1.165, 1.54) is 22.4 Å². The van der Waals surface area contributed by atoms with Crippen LogP contribution in [0.5, 0.6) is 0 Å². The smallest absolute Gasteiger partial charge is 0.0505 e. The molecule has 0 atom stereocenters. The molecule has 0 bridgehead atoms. The maximum absolute atomic E-state index is 3.56. The van der Waals surface area contributed by atoms with Crippen molar-refractivity contribution in [3.05, 3.63) is 35.4 Å². The lowest BCUT2D eigenvalue weighted by Crippen LogP contribution is -2.31. The second-order valence-electron chi connectivity index (χ2n) is 5.63. The first-order valence-corrected chi connectivity index (χ1v) is 6.01. The van der Waals surface area contributed by atoms with Gasteiger partial charge in [-0.3, -0.25) is 0 Å². The van der Waals surface area contributed by atoms with Crippen molar-refractivity contribution >= 4 is 11.3 Å². The summed E-state index contributed by atoms with van der Waals surface area (Å²) < 4.78 is 0. The van der Waals surface area contributed by atoms with E-state index in [2.05, 4.69) is 64.2 Å². The van der Waals surface area contributed by atoms with Crippen LogP contribution in [0.3, 0.4) is 0 Å². The van der Waals surface area contributed by atoms with Crippen LogP contribution < -0.4 is 5.32 Å². The van der Waals surface area contributed by atoms with Crippen LogP contribution in [0.2, 0.25) is 0 Å². The van der Waals surface area contributed by atoms with Crippen molar-refractivity contribution < 1.29 is 0 Å². The molecule has 0 saturated carbocycles. The van der Waals surface area contributed by atoms with Gasteiger partial charge in [0, 0.05) is 11.3 Å². The van der Waals surface area contributed by atoms with E-state index in [0.717, 1.165) is 0 Å². The first-order valence-electron chi connectivity index (χ1n) is 6.01. The predicted molar refractivity (Wildman–Crippen MR) is 71.9 cm³/mol. The lowest BCUT2D eigenvalue weighted by molar-refractivity contribution is 0.707. The van der Waals surface area contributed by atoms with E-state index in [1.807, 2.05) is 0 Å². The van der Waals surface area contributed by atoms with Gasteiger partial charge in [0.05, 0.1) is 5.54 Å². The lowest BCUT2D eigenvalue weighted by Gasteiger charge is -2.31. The summed E-state index contributed by atoms with van der Waals surface area (Å²) in [6.07, 6.45) is 2.31. The molecule has 2 rings (SSSR count). The molecule has 1 aromatic rings. The quantitative estimate of drug-likeness (QED) is 0.731. The van der Waals surface area contributed by atoms with Gasteiger partial charge in [-0.2, -0.15) is 0 Å². The summed E-state index contributed by atoms with van der Waals surface area (Å²) in [6, 6.07) is 6.75. The zero-order chi connectivity index (χ0) is 11.9. The van der Waals surface area contributed by atoms with Gasteiger partial charge in [0.1, 0.15) is 0 Å². The third kappa shape index (κ3) is 1.99. The second kappa shape index (κ2) is 3.65. The van der Waals surface area contributed by atoms with E-state index < -0.39 is 0 Å². The van der Waals surface area contributed by atoms with Crippen LogP contribution in [0.1, 0.15) is 51.7 Å². The van der Waals surface area contributed by atoms with E-state index in [4.69, 9.17) is 0 Å². The predicted octanol–water partition coefficient (Wildman–Crippen LogP) is 4.42. The van der Waals surface area contributed by atoms with Crippen molar-refractivity contribution in [2.45, 2.75) is 46.1 Å². The zero-order valence-electron chi connectivity index (χ0n) is 10.9. The molecule has 0 aromatic heterocycles. The Kier molecular flexibility index (Phi) is 2.57. The number of rotatable bonds is 1. The molecule has 1 aromatic carbocycles. The number of hydrogen-bond acceptors (Lipinski definition) is 1. The highest BCUT2D eigenvalue weighted by atomic mass is 15.0. The van der Waals surface area contributed by atoms with Crippen molar-refractivity contribution in [1.82, 2.24) is 0 Å². The molecule has 1 nitrogen and oxygen atoms in total. The van der Waals surface area contributed by atoms with Crippen molar-refractivity contribution in [3.63, 3.8) is 0 Å². The van der Waals surface area contributed by atoms with Gasteiger partial charge in [0.2, 0.25) is 0 Å². The van der Waals surface area contributed by atoms with Crippen LogP contribution >= 0.6 is 0 Å². The van der Waals surface area contributed by atoms with Crippen LogP contribution in [-0.2, 0) is 0 Å². The van der Waals surface area contributed by atoms with Crippen LogP contribution in [0.25, 0.3) is 5.57 Å². The summed E-state index contributed by atoms with van der Waals surface area (Å²) in [6.45, 7) is 11.1. The van der Waals surface area contributed by atoms with E-state index in [0.29, 0.717) is 5.92 Å². The van der Waals surface area contributed by atoms with Crippen molar-refractivity contribution in [2.24, 2.45) is 0 Å². The van der Waals surface area contributed by atoms with Crippen LogP contribution in [0.4, 0.5) is 5.69 Å². The summed E-state index contributed by atoms with van der Waals surface area (Å²) in [7, 11) is 0. The summed E-state index contributed by atoms with van der Waals surface area (Å²) in [5.41, 5.74) is 5.46. The summed E-state index contributed by atoms with van der Waals surface area (Å²) >= 11 is 0. The third-order valence-electron chi connectivity index (χ3n) is 3.17. The molecule has 0 unspecified atom stereocenters. The molecule has 0 amide bonds.